The highest BCUT2D eigenvalue weighted by molar-refractivity contribution is 9.10. The number of aromatic nitrogens is 1. The number of carbonyl (C=O) groups is 1. The molecule has 0 bridgehead atoms. The summed E-state index contributed by atoms with van der Waals surface area (Å²) in [5.41, 5.74) is 3.83. The zero-order valence-corrected chi connectivity index (χ0v) is 13.9. The first-order chi connectivity index (χ1) is 10.6. The van der Waals surface area contributed by atoms with Crippen LogP contribution in [0.25, 0.3) is 0 Å². The molecule has 22 heavy (non-hydrogen) atoms. The van der Waals surface area contributed by atoms with Crippen molar-refractivity contribution >= 4 is 27.5 Å². The molecule has 1 heterocycles. The van der Waals surface area contributed by atoms with E-state index >= 15 is 0 Å². The van der Waals surface area contributed by atoms with E-state index in [2.05, 4.69) is 31.4 Å². The molecule has 0 aliphatic heterocycles. The van der Waals surface area contributed by atoms with E-state index < -0.39 is 6.10 Å². The molecule has 0 aliphatic rings. The van der Waals surface area contributed by atoms with E-state index in [1.54, 1.807) is 32.2 Å². The average molecular weight is 362 g/mol. The molecule has 2 rings (SSSR count). The van der Waals surface area contributed by atoms with Gasteiger partial charge in [0, 0.05) is 10.7 Å². The number of hydrogen-bond acceptors (Lipinski definition) is 4. The highest BCUT2D eigenvalue weighted by atomic mass is 79.9. The molecule has 6 heteroatoms. The third-order valence-corrected chi connectivity index (χ3v) is 3.34. The van der Waals surface area contributed by atoms with Crippen LogP contribution in [-0.4, -0.2) is 22.7 Å². The van der Waals surface area contributed by atoms with Crippen LogP contribution in [0.2, 0.25) is 0 Å². The van der Waals surface area contributed by atoms with Gasteiger partial charge in [0.1, 0.15) is 5.75 Å². The van der Waals surface area contributed by atoms with Gasteiger partial charge in [-0.25, -0.2) is 5.43 Å². The molecule has 1 amide bonds. The lowest BCUT2D eigenvalue weighted by molar-refractivity contribution is -0.127. The van der Waals surface area contributed by atoms with Crippen LogP contribution in [0, 0.1) is 0 Å². The Kier molecular flexibility index (Phi) is 5.66. The van der Waals surface area contributed by atoms with E-state index in [1.165, 1.54) is 0 Å². The molecule has 2 aromatic rings. The molecule has 0 aliphatic carbocycles. The minimum atomic E-state index is -0.658. The number of nitrogens with zero attached hydrogens (tertiary/aromatic N) is 2. The molecular formula is C16H16BrN3O2. The standard InChI is InChI=1S/C16H16BrN3O2/c1-11(15-8-3-4-9-18-15)19-20-16(21)12(2)22-14-7-5-6-13(17)10-14/h3-10,12H,1-2H3,(H,20,21)/b19-11-/t12-/m0/s1. The van der Waals surface area contributed by atoms with E-state index in [4.69, 9.17) is 4.74 Å². The van der Waals surface area contributed by atoms with Gasteiger partial charge in [0.25, 0.3) is 5.91 Å². The van der Waals surface area contributed by atoms with Crippen LogP contribution >= 0.6 is 15.9 Å². The number of carbonyl (C=O) groups excluding carboxylic acids is 1. The topological polar surface area (TPSA) is 63.6 Å². The van der Waals surface area contributed by atoms with Crippen molar-refractivity contribution < 1.29 is 9.53 Å². The van der Waals surface area contributed by atoms with Gasteiger partial charge in [-0.1, -0.05) is 28.1 Å². The summed E-state index contributed by atoms with van der Waals surface area (Å²) in [5, 5.41) is 4.04. The van der Waals surface area contributed by atoms with Gasteiger partial charge >= 0.3 is 0 Å². The van der Waals surface area contributed by atoms with Crippen LogP contribution in [0.15, 0.2) is 58.2 Å². The van der Waals surface area contributed by atoms with E-state index in [9.17, 15) is 4.79 Å². The predicted octanol–water partition coefficient (Wildman–Crippen LogP) is 3.15. The first kappa shape index (κ1) is 16.2. The van der Waals surface area contributed by atoms with Crippen molar-refractivity contribution in [1.82, 2.24) is 10.4 Å². The number of benzene rings is 1. The van der Waals surface area contributed by atoms with E-state index in [0.717, 1.165) is 4.47 Å². The number of nitrogens with one attached hydrogen (secondary N) is 1. The number of amides is 1. The van der Waals surface area contributed by atoms with Gasteiger partial charge in [-0.3, -0.25) is 9.78 Å². The van der Waals surface area contributed by atoms with E-state index in [1.807, 2.05) is 30.3 Å². The number of pyridine rings is 1. The minimum Gasteiger partial charge on any atom is -0.481 e. The summed E-state index contributed by atoms with van der Waals surface area (Å²) in [5.74, 6) is 0.290. The molecule has 0 fully saturated rings. The molecule has 5 nitrogen and oxygen atoms in total. The van der Waals surface area contributed by atoms with Gasteiger partial charge in [0.05, 0.1) is 11.4 Å². The highest BCUT2D eigenvalue weighted by Gasteiger charge is 2.14. The van der Waals surface area contributed by atoms with Crippen LogP contribution in [0.4, 0.5) is 0 Å². The Morgan fingerprint density at radius 2 is 2.14 bits per heavy atom. The summed E-state index contributed by atoms with van der Waals surface area (Å²) in [6.45, 7) is 3.45. The number of rotatable bonds is 5. The third kappa shape index (κ3) is 4.66. The lowest BCUT2D eigenvalue weighted by Gasteiger charge is -2.13. The van der Waals surface area contributed by atoms with Crippen LogP contribution < -0.4 is 10.2 Å². The van der Waals surface area contributed by atoms with Crippen LogP contribution in [0.5, 0.6) is 5.75 Å². The van der Waals surface area contributed by atoms with Gasteiger partial charge < -0.3 is 4.74 Å². The maximum atomic E-state index is 12.0. The molecule has 0 saturated carbocycles. The van der Waals surface area contributed by atoms with Crippen molar-refractivity contribution in [3.05, 3.63) is 58.8 Å². The minimum absolute atomic E-state index is 0.324. The quantitative estimate of drug-likeness (QED) is 0.657. The molecule has 1 atom stereocenters. The molecule has 1 aromatic heterocycles. The maximum Gasteiger partial charge on any atom is 0.280 e. The smallest absolute Gasteiger partial charge is 0.280 e. The normalized spacial score (nSPS) is 12.6. The molecule has 0 unspecified atom stereocenters. The molecule has 0 radical (unpaired) electrons. The number of halogens is 1. The SMILES string of the molecule is C/C(=N/NC(=O)[C@H](C)Oc1cccc(Br)c1)c1ccccn1. The lowest BCUT2D eigenvalue weighted by Crippen LogP contribution is -2.34. The summed E-state index contributed by atoms with van der Waals surface area (Å²) in [4.78, 5) is 16.2. The second-order valence-corrected chi connectivity index (χ2v) is 5.52. The molecular weight excluding hydrogens is 346 g/mol. The van der Waals surface area contributed by atoms with Crippen molar-refractivity contribution in [3.63, 3.8) is 0 Å². The molecule has 1 aromatic carbocycles. The predicted molar refractivity (Wildman–Crippen MR) is 88.8 cm³/mol. The zero-order valence-electron chi connectivity index (χ0n) is 12.3. The first-order valence-corrected chi connectivity index (χ1v) is 7.53. The molecule has 114 valence electrons. The van der Waals surface area contributed by atoms with Gasteiger partial charge in [-0.15, -0.1) is 0 Å². The zero-order chi connectivity index (χ0) is 15.9. The Hall–Kier alpha value is -2.21. The van der Waals surface area contributed by atoms with Gasteiger partial charge in [-0.2, -0.15) is 5.10 Å². The molecule has 1 N–H and O–H groups in total. The number of ether oxygens (including phenoxy) is 1. The summed E-state index contributed by atoms with van der Waals surface area (Å²) < 4.78 is 6.46. The fourth-order valence-corrected chi connectivity index (χ4v) is 2.04. The third-order valence-electron chi connectivity index (χ3n) is 2.85. The Bertz CT molecular complexity index is 674. The van der Waals surface area contributed by atoms with E-state index in [0.29, 0.717) is 17.2 Å². The summed E-state index contributed by atoms with van der Waals surface area (Å²) in [7, 11) is 0. The van der Waals surface area contributed by atoms with Crippen molar-refractivity contribution in [3.8, 4) is 5.75 Å². The van der Waals surface area contributed by atoms with Gasteiger partial charge in [0.2, 0.25) is 0 Å². The largest absolute Gasteiger partial charge is 0.481 e. The van der Waals surface area contributed by atoms with Crippen molar-refractivity contribution in [2.24, 2.45) is 5.10 Å². The fraction of sp³-hybridized carbons (Fsp3) is 0.188. The average Bonchev–Trinajstić information content (AvgIpc) is 2.53. The second-order valence-electron chi connectivity index (χ2n) is 4.61. The Morgan fingerprint density at radius 3 is 2.82 bits per heavy atom. The van der Waals surface area contributed by atoms with Crippen LogP contribution in [0.3, 0.4) is 0 Å². The van der Waals surface area contributed by atoms with E-state index in [-0.39, 0.29) is 5.91 Å². The van der Waals surface area contributed by atoms with Gasteiger partial charge in [0.15, 0.2) is 6.10 Å². The number of hydrogen-bond donors (Lipinski definition) is 1. The highest BCUT2D eigenvalue weighted by Crippen LogP contribution is 2.18. The van der Waals surface area contributed by atoms with Crippen molar-refractivity contribution in [1.29, 1.82) is 0 Å². The lowest BCUT2D eigenvalue weighted by atomic mass is 10.3. The summed E-state index contributed by atoms with van der Waals surface area (Å²) >= 11 is 3.36. The van der Waals surface area contributed by atoms with Gasteiger partial charge in [-0.05, 0) is 44.2 Å². The summed E-state index contributed by atoms with van der Waals surface area (Å²) in [6.07, 6.45) is 1.02. The Labute approximate surface area is 137 Å². The Morgan fingerprint density at radius 1 is 1.32 bits per heavy atom. The van der Waals surface area contributed by atoms with Crippen LogP contribution in [-0.2, 0) is 4.79 Å². The molecule has 0 spiro atoms. The second kappa shape index (κ2) is 7.70. The fourth-order valence-electron chi connectivity index (χ4n) is 1.66. The van der Waals surface area contributed by atoms with Crippen molar-refractivity contribution in [2.45, 2.75) is 20.0 Å². The molecule has 0 saturated heterocycles. The maximum absolute atomic E-state index is 12.0. The monoisotopic (exact) mass is 361 g/mol. The van der Waals surface area contributed by atoms with Crippen molar-refractivity contribution in [2.75, 3.05) is 0 Å². The number of hydrazone groups is 1. The Balaban J connectivity index is 1.94. The summed E-state index contributed by atoms with van der Waals surface area (Å²) in [6, 6.07) is 12.8. The first-order valence-electron chi connectivity index (χ1n) is 6.74. The van der Waals surface area contributed by atoms with Crippen LogP contribution in [0.1, 0.15) is 19.5 Å².